The van der Waals surface area contributed by atoms with Gasteiger partial charge in [0.15, 0.2) is 23.0 Å². The van der Waals surface area contributed by atoms with Gasteiger partial charge in [0.25, 0.3) is 0 Å². The summed E-state index contributed by atoms with van der Waals surface area (Å²) in [5.41, 5.74) is 2.11. The molecule has 3 atom stereocenters. The molecule has 2 aromatic rings. The molecule has 1 fully saturated rings. The maximum atomic E-state index is 6.48. The lowest BCUT2D eigenvalue weighted by molar-refractivity contribution is -0.198. The number of hydrogen-bond donors (Lipinski definition) is 0. The first-order chi connectivity index (χ1) is 14.6. The van der Waals surface area contributed by atoms with Crippen molar-refractivity contribution in [3.8, 4) is 34.5 Å². The Hall–Kier alpha value is -2.80. The minimum atomic E-state index is -0.675. The Morgan fingerprint density at radius 1 is 0.867 bits per heavy atom. The van der Waals surface area contributed by atoms with Crippen LogP contribution in [0.15, 0.2) is 24.3 Å². The highest BCUT2D eigenvalue weighted by atomic mass is 16.7. The second-order valence-electron chi connectivity index (χ2n) is 7.80. The molecule has 30 heavy (non-hydrogen) atoms. The van der Waals surface area contributed by atoms with Crippen LogP contribution >= 0.6 is 0 Å². The molecule has 1 aliphatic carbocycles. The minimum Gasteiger partial charge on any atom is -0.493 e. The molecule has 0 N–H and O–H groups in total. The van der Waals surface area contributed by atoms with Crippen LogP contribution in [-0.2, 0) is 4.74 Å². The highest BCUT2D eigenvalue weighted by Gasteiger charge is 2.54. The quantitative estimate of drug-likeness (QED) is 0.730. The van der Waals surface area contributed by atoms with Crippen molar-refractivity contribution in [3.63, 3.8) is 0 Å². The standard InChI is InChI=1S/C23H26O7/c1-24-19-8-13(9-20(25-2)22(19)26-3)21-14-10-17-18(29-12-28-17)11-16(14)30-23(27-4)7-5-6-15(21)23/h8-11,15,21H,5-7,12H2,1-4H3. The van der Waals surface area contributed by atoms with E-state index in [1.165, 1.54) is 0 Å². The topological polar surface area (TPSA) is 64.6 Å². The van der Waals surface area contributed by atoms with Crippen LogP contribution in [0.3, 0.4) is 0 Å². The molecule has 2 aromatic carbocycles. The largest absolute Gasteiger partial charge is 0.493 e. The molecule has 0 amide bonds. The summed E-state index contributed by atoms with van der Waals surface area (Å²) in [4.78, 5) is 0. The van der Waals surface area contributed by atoms with Gasteiger partial charge in [0.05, 0.1) is 21.3 Å². The smallest absolute Gasteiger partial charge is 0.231 e. The Bertz CT molecular complexity index is 947. The molecule has 1 saturated carbocycles. The summed E-state index contributed by atoms with van der Waals surface area (Å²) >= 11 is 0. The summed E-state index contributed by atoms with van der Waals surface area (Å²) in [5.74, 6) is 3.49. The number of benzene rings is 2. The van der Waals surface area contributed by atoms with Gasteiger partial charge in [-0.2, -0.15) is 0 Å². The Morgan fingerprint density at radius 2 is 1.57 bits per heavy atom. The molecular formula is C23H26O7. The zero-order valence-corrected chi connectivity index (χ0v) is 17.7. The second kappa shape index (κ2) is 7.16. The number of rotatable bonds is 5. The van der Waals surface area contributed by atoms with Crippen molar-refractivity contribution < 1.29 is 33.2 Å². The molecule has 0 saturated heterocycles. The predicted octanol–water partition coefficient (Wildman–Crippen LogP) is 4.11. The fourth-order valence-electron chi connectivity index (χ4n) is 5.18. The number of methoxy groups -OCH3 is 4. The lowest BCUT2D eigenvalue weighted by atomic mass is 9.75. The third-order valence-corrected chi connectivity index (χ3v) is 6.52. The molecular weight excluding hydrogens is 388 g/mol. The summed E-state index contributed by atoms with van der Waals surface area (Å²) < 4.78 is 40.5. The number of ether oxygens (including phenoxy) is 7. The number of fused-ring (bicyclic) bond motifs is 3. The second-order valence-corrected chi connectivity index (χ2v) is 7.80. The van der Waals surface area contributed by atoms with E-state index in [0.717, 1.165) is 41.9 Å². The van der Waals surface area contributed by atoms with Gasteiger partial charge in [0.1, 0.15) is 5.75 Å². The Kier molecular flexibility index (Phi) is 4.58. The fraction of sp³-hybridized carbons (Fsp3) is 0.478. The highest BCUT2D eigenvalue weighted by molar-refractivity contribution is 5.60. The van der Waals surface area contributed by atoms with Crippen LogP contribution in [0.5, 0.6) is 34.5 Å². The van der Waals surface area contributed by atoms with E-state index in [2.05, 4.69) is 0 Å². The van der Waals surface area contributed by atoms with E-state index < -0.39 is 5.79 Å². The maximum Gasteiger partial charge on any atom is 0.231 e. The van der Waals surface area contributed by atoms with E-state index in [-0.39, 0.29) is 18.6 Å². The van der Waals surface area contributed by atoms with Gasteiger partial charge < -0.3 is 33.2 Å². The van der Waals surface area contributed by atoms with Gasteiger partial charge in [-0.1, -0.05) is 0 Å². The first kappa shape index (κ1) is 19.2. The van der Waals surface area contributed by atoms with Crippen LogP contribution < -0.4 is 28.4 Å². The summed E-state index contributed by atoms with van der Waals surface area (Å²) in [6.45, 7) is 0.214. The van der Waals surface area contributed by atoms with E-state index >= 15 is 0 Å². The molecule has 7 heteroatoms. The van der Waals surface area contributed by atoms with Crippen molar-refractivity contribution in [1.82, 2.24) is 0 Å². The third kappa shape index (κ3) is 2.68. The zero-order valence-electron chi connectivity index (χ0n) is 17.7. The van der Waals surface area contributed by atoms with Crippen molar-refractivity contribution in [1.29, 1.82) is 0 Å². The first-order valence-corrected chi connectivity index (χ1v) is 10.1. The van der Waals surface area contributed by atoms with Gasteiger partial charge in [-0.25, -0.2) is 0 Å². The Balaban J connectivity index is 1.72. The van der Waals surface area contributed by atoms with Crippen molar-refractivity contribution in [2.45, 2.75) is 31.0 Å². The molecule has 3 aliphatic rings. The fourth-order valence-corrected chi connectivity index (χ4v) is 5.18. The van der Waals surface area contributed by atoms with Gasteiger partial charge >= 0.3 is 0 Å². The van der Waals surface area contributed by atoms with E-state index in [9.17, 15) is 0 Å². The highest BCUT2D eigenvalue weighted by Crippen LogP contribution is 2.58. The van der Waals surface area contributed by atoms with Crippen LogP contribution in [0.4, 0.5) is 0 Å². The average Bonchev–Trinajstić information content (AvgIpc) is 3.41. The molecule has 0 spiro atoms. The zero-order chi connectivity index (χ0) is 20.9. The SMILES string of the molecule is COc1cc(C2c3cc4c(cc3OC3(OC)CCCC23)OCO4)cc(OC)c1OC. The molecule has 3 unspecified atom stereocenters. The summed E-state index contributed by atoms with van der Waals surface area (Å²) in [6, 6.07) is 7.98. The molecule has 5 rings (SSSR count). The molecule has 0 bridgehead atoms. The molecule has 0 aromatic heterocycles. The molecule has 2 heterocycles. The third-order valence-electron chi connectivity index (χ3n) is 6.52. The molecule has 2 aliphatic heterocycles. The van der Waals surface area contributed by atoms with Crippen molar-refractivity contribution in [3.05, 3.63) is 35.4 Å². The van der Waals surface area contributed by atoms with E-state index in [4.69, 9.17) is 33.2 Å². The first-order valence-electron chi connectivity index (χ1n) is 10.1. The van der Waals surface area contributed by atoms with E-state index in [0.29, 0.717) is 23.0 Å². The lowest BCUT2D eigenvalue weighted by Gasteiger charge is -2.44. The van der Waals surface area contributed by atoms with Crippen LogP contribution in [0, 0.1) is 5.92 Å². The van der Waals surface area contributed by atoms with Crippen LogP contribution in [0.1, 0.15) is 36.3 Å². The summed E-state index contributed by atoms with van der Waals surface area (Å²) in [7, 11) is 6.60. The maximum absolute atomic E-state index is 6.48. The van der Waals surface area contributed by atoms with Gasteiger partial charge in [-0.05, 0) is 36.6 Å². The van der Waals surface area contributed by atoms with Gasteiger partial charge in [0, 0.05) is 37.0 Å². The normalized spacial score (nSPS) is 25.9. The van der Waals surface area contributed by atoms with Crippen molar-refractivity contribution in [2.24, 2.45) is 5.92 Å². The van der Waals surface area contributed by atoms with E-state index in [1.807, 2.05) is 24.3 Å². The van der Waals surface area contributed by atoms with Crippen molar-refractivity contribution in [2.75, 3.05) is 35.2 Å². The Labute approximate surface area is 175 Å². The average molecular weight is 414 g/mol. The minimum absolute atomic E-state index is 0.0133. The number of hydrogen-bond acceptors (Lipinski definition) is 7. The van der Waals surface area contributed by atoms with Crippen molar-refractivity contribution >= 4 is 0 Å². The van der Waals surface area contributed by atoms with Crippen LogP contribution in [0.2, 0.25) is 0 Å². The predicted molar refractivity (Wildman–Crippen MR) is 108 cm³/mol. The van der Waals surface area contributed by atoms with E-state index in [1.54, 1.807) is 28.4 Å². The van der Waals surface area contributed by atoms with Gasteiger partial charge in [-0.3, -0.25) is 0 Å². The summed E-state index contributed by atoms with van der Waals surface area (Å²) in [6.07, 6.45) is 2.85. The van der Waals surface area contributed by atoms with Crippen LogP contribution in [-0.4, -0.2) is 41.0 Å². The van der Waals surface area contributed by atoms with Gasteiger partial charge in [-0.15, -0.1) is 0 Å². The van der Waals surface area contributed by atoms with Crippen LogP contribution in [0.25, 0.3) is 0 Å². The lowest BCUT2D eigenvalue weighted by Crippen LogP contribution is -2.47. The van der Waals surface area contributed by atoms with Gasteiger partial charge in [0.2, 0.25) is 18.3 Å². The monoisotopic (exact) mass is 414 g/mol. The Morgan fingerprint density at radius 3 is 2.20 bits per heavy atom. The molecule has 160 valence electrons. The molecule has 7 nitrogen and oxygen atoms in total. The summed E-state index contributed by atoms with van der Waals surface area (Å²) in [5, 5.41) is 0. The molecule has 0 radical (unpaired) electrons.